The molecule has 2 rings (SSSR count). The Morgan fingerprint density at radius 3 is 2.24 bits per heavy atom. The van der Waals surface area contributed by atoms with Gasteiger partial charge in [-0.05, 0) is 29.3 Å². The Bertz CT molecular complexity index is 532. The molecule has 2 aromatic carbocycles. The molecular weight excluding hydrogens is 249 g/mol. The van der Waals surface area contributed by atoms with Crippen LogP contribution in [0.4, 0.5) is 13.2 Å². The molecule has 0 heterocycles. The van der Waals surface area contributed by atoms with E-state index in [1.54, 1.807) is 24.3 Å². The molecule has 88 valence electrons. The van der Waals surface area contributed by atoms with Crippen LogP contribution < -0.4 is 0 Å². The van der Waals surface area contributed by atoms with Gasteiger partial charge in [-0.2, -0.15) is 13.2 Å². The van der Waals surface area contributed by atoms with Gasteiger partial charge in [0, 0.05) is 5.02 Å². The summed E-state index contributed by atoms with van der Waals surface area (Å²) in [5, 5.41) is 0.416. The summed E-state index contributed by atoms with van der Waals surface area (Å²) in [7, 11) is 0. The molecule has 0 aliphatic heterocycles. The van der Waals surface area contributed by atoms with Gasteiger partial charge in [0.05, 0.1) is 5.56 Å². The van der Waals surface area contributed by atoms with Crippen molar-refractivity contribution < 1.29 is 13.2 Å². The summed E-state index contributed by atoms with van der Waals surface area (Å²) in [4.78, 5) is 0. The Labute approximate surface area is 102 Å². The molecule has 2 aromatic rings. The van der Waals surface area contributed by atoms with Crippen molar-refractivity contribution in [3.63, 3.8) is 0 Å². The molecule has 4 heteroatoms. The van der Waals surface area contributed by atoms with E-state index in [9.17, 15) is 13.2 Å². The number of hydrogen-bond acceptors (Lipinski definition) is 0. The predicted molar refractivity (Wildman–Crippen MR) is 61.9 cm³/mol. The minimum atomic E-state index is -4.36. The lowest BCUT2D eigenvalue weighted by molar-refractivity contribution is -0.137. The van der Waals surface area contributed by atoms with Gasteiger partial charge in [0.1, 0.15) is 0 Å². The Balaban J connectivity index is 2.60. The van der Waals surface area contributed by atoms with Crippen molar-refractivity contribution in [2.24, 2.45) is 0 Å². The maximum atomic E-state index is 12.8. The number of hydrogen-bond donors (Lipinski definition) is 0. The van der Waals surface area contributed by atoms with Gasteiger partial charge in [-0.15, -0.1) is 0 Å². The van der Waals surface area contributed by atoms with Gasteiger partial charge in [-0.3, -0.25) is 0 Å². The van der Waals surface area contributed by atoms with Crippen molar-refractivity contribution in [1.82, 2.24) is 0 Å². The van der Waals surface area contributed by atoms with Gasteiger partial charge in [-0.25, -0.2) is 0 Å². The van der Waals surface area contributed by atoms with Crippen LogP contribution >= 0.6 is 11.6 Å². The highest BCUT2D eigenvalue weighted by molar-refractivity contribution is 6.30. The fraction of sp³-hybridized carbons (Fsp3) is 0.0769. The smallest absolute Gasteiger partial charge is 0.166 e. The lowest BCUT2D eigenvalue weighted by Gasteiger charge is -2.12. The van der Waals surface area contributed by atoms with E-state index in [0.29, 0.717) is 10.6 Å². The summed E-state index contributed by atoms with van der Waals surface area (Å²) in [6.45, 7) is 0. The third-order valence-corrected chi connectivity index (χ3v) is 2.60. The monoisotopic (exact) mass is 256 g/mol. The quantitative estimate of drug-likeness (QED) is 0.672. The largest absolute Gasteiger partial charge is 0.417 e. The fourth-order valence-electron chi connectivity index (χ4n) is 1.64. The summed E-state index contributed by atoms with van der Waals surface area (Å²) in [5.41, 5.74) is -0.0461. The first kappa shape index (κ1) is 12.0. The molecule has 0 saturated carbocycles. The van der Waals surface area contributed by atoms with Crippen LogP contribution in [0.3, 0.4) is 0 Å². The molecule has 0 fully saturated rings. The van der Waals surface area contributed by atoms with E-state index in [1.165, 1.54) is 18.2 Å². The maximum Gasteiger partial charge on any atom is 0.417 e. The van der Waals surface area contributed by atoms with Crippen LogP contribution in [0.2, 0.25) is 5.02 Å². The SMILES string of the molecule is FC(F)(F)c1ccccc1-c1cccc(Cl)c1. The molecular formula is C13H8ClF3. The molecule has 0 aliphatic rings. The van der Waals surface area contributed by atoms with Gasteiger partial charge in [0.2, 0.25) is 0 Å². The standard InChI is InChI=1S/C13H8ClF3/c14-10-5-3-4-9(8-10)11-6-1-2-7-12(11)13(15,16)17/h1-8H. The summed E-state index contributed by atoms with van der Waals surface area (Å²) >= 11 is 5.78. The molecule has 0 spiro atoms. The average Bonchev–Trinajstić information content (AvgIpc) is 2.28. The summed E-state index contributed by atoms with van der Waals surface area (Å²) in [6, 6.07) is 11.8. The molecule has 0 N–H and O–H groups in total. The van der Waals surface area contributed by atoms with Crippen LogP contribution in [0.25, 0.3) is 11.1 Å². The van der Waals surface area contributed by atoms with Gasteiger partial charge < -0.3 is 0 Å². The first-order chi connectivity index (χ1) is 7.98. The van der Waals surface area contributed by atoms with Crippen molar-refractivity contribution >= 4 is 11.6 Å². The van der Waals surface area contributed by atoms with Crippen LogP contribution in [0, 0.1) is 0 Å². The number of benzene rings is 2. The van der Waals surface area contributed by atoms with Crippen LogP contribution in [0.5, 0.6) is 0 Å². The summed E-state index contributed by atoms with van der Waals surface area (Å²) in [5.74, 6) is 0. The lowest BCUT2D eigenvalue weighted by Crippen LogP contribution is -2.06. The van der Waals surface area contributed by atoms with Crippen molar-refractivity contribution in [2.45, 2.75) is 6.18 Å². The van der Waals surface area contributed by atoms with Crippen molar-refractivity contribution in [1.29, 1.82) is 0 Å². The van der Waals surface area contributed by atoms with E-state index in [0.717, 1.165) is 6.07 Å². The normalized spacial score (nSPS) is 11.5. The van der Waals surface area contributed by atoms with E-state index < -0.39 is 11.7 Å². The van der Waals surface area contributed by atoms with Gasteiger partial charge >= 0.3 is 6.18 Å². The topological polar surface area (TPSA) is 0 Å². The molecule has 17 heavy (non-hydrogen) atoms. The van der Waals surface area contributed by atoms with Gasteiger partial charge in [-0.1, -0.05) is 41.9 Å². The van der Waals surface area contributed by atoms with E-state index >= 15 is 0 Å². The van der Waals surface area contributed by atoms with E-state index in [-0.39, 0.29) is 5.56 Å². The lowest BCUT2D eigenvalue weighted by atomic mass is 9.99. The fourth-order valence-corrected chi connectivity index (χ4v) is 1.83. The Kier molecular flexibility index (Phi) is 3.11. The first-order valence-electron chi connectivity index (χ1n) is 4.90. The van der Waals surface area contributed by atoms with E-state index in [4.69, 9.17) is 11.6 Å². The number of alkyl halides is 3. The third kappa shape index (κ3) is 2.61. The second-order valence-corrected chi connectivity index (χ2v) is 3.99. The molecule has 0 aliphatic carbocycles. The Hall–Kier alpha value is -1.48. The van der Waals surface area contributed by atoms with Crippen molar-refractivity contribution in [2.75, 3.05) is 0 Å². The molecule has 0 unspecified atom stereocenters. The zero-order valence-electron chi connectivity index (χ0n) is 8.63. The molecule has 0 saturated heterocycles. The molecule has 0 atom stereocenters. The van der Waals surface area contributed by atoms with E-state index in [1.807, 2.05) is 0 Å². The average molecular weight is 257 g/mol. The van der Waals surface area contributed by atoms with Crippen LogP contribution in [0.1, 0.15) is 5.56 Å². The highest BCUT2D eigenvalue weighted by atomic mass is 35.5. The highest BCUT2D eigenvalue weighted by Crippen LogP contribution is 2.37. The number of rotatable bonds is 1. The minimum absolute atomic E-state index is 0.141. The second kappa shape index (κ2) is 4.41. The minimum Gasteiger partial charge on any atom is -0.166 e. The highest BCUT2D eigenvalue weighted by Gasteiger charge is 2.33. The zero-order chi connectivity index (χ0) is 12.5. The van der Waals surface area contributed by atoms with Crippen LogP contribution in [0.15, 0.2) is 48.5 Å². The van der Waals surface area contributed by atoms with Crippen molar-refractivity contribution in [3.8, 4) is 11.1 Å². The first-order valence-corrected chi connectivity index (χ1v) is 5.28. The van der Waals surface area contributed by atoms with Gasteiger partial charge in [0.15, 0.2) is 0 Å². The predicted octanol–water partition coefficient (Wildman–Crippen LogP) is 5.03. The summed E-state index contributed by atoms with van der Waals surface area (Å²) in [6.07, 6.45) is -4.36. The Morgan fingerprint density at radius 2 is 1.59 bits per heavy atom. The number of halogens is 4. The van der Waals surface area contributed by atoms with Gasteiger partial charge in [0.25, 0.3) is 0 Å². The Morgan fingerprint density at radius 1 is 0.882 bits per heavy atom. The molecule has 0 radical (unpaired) electrons. The molecule has 0 aromatic heterocycles. The van der Waals surface area contributed by atoms with E-state index in [2.05, 4.69) is 0 Å². The summed E-state index contributed by atoms with van der Waals surface area (Å²) < 4.78 is 38.4. The molecule has 0 amide bonds. The van der Waals surface area contributed by atoms with Crippen LogP contribution in [-0.4, -0.2) is 0 Å². The molecule has 0 nitrogen and oxygen atoms in total. The van der Waals surface area contributed by atoms with Crippen LogP contribution in [-0.2, 0) is 6.18 Å². The molecule has 0 bridgehead atoms. The van der Waals surface area contributed by atoms with Crippen molar-refractivity contribution in [3.05, 3.63) is 59.1 Å². The third-order valence-electron chi connectivity index (χ3n) is 2.37. The maximum absolute atomic E-state index is 12.8. The second-order valence-electron chi connectivity index (χ2n) is 3.55. The zero-order valence-corrected chi connectivity index (χ0v) is 9.39.